The summed E-state index contributed by atoms with van der Waals surface area (Å²) < 4.78 is 0. The van der Waals surface area contributed by atoms with Crippen molar-refractivity contribution in [2.75, 3.05) is 0 Å². The Kier molecular flexibility index (Phi) is 2.73. The molecule has 0 saturated heterocycles. The largest absolute Gasteiger partial charge is 0.299 e. The van der Waals surface area contributed by atoms with E-state index in [9.17, 15) is 4.79 Å². The van der Waals surface area contributed by atoms with Crippen LogP contribution in [0.15, 0.2) is 12.1 Å². The highest BCUT2D eigenvalue weighted by Crippen LogP contribution is 2.37. The maximum Gasteiger partial charge on any atom is 0.141 e. The van der Waals surface area contributed by atoms with E-state index < -0.39 is 0 Å². The van der Waals surface area contributed by atoms with Crippen molar-refractivity contribution in [1.82, 2.24) is 0 Å². The minimum absolute atomic E-state index is 0.197. The molecule has 1 aliphatic rings. The first-order valence-electron chi connectivity index (χ1n) is 5.27. The summed E-state index contributed by atoms with van der Waals surface area (Å²) in [4.78, 5) is 14.4. The summed E-state index contributed by atoms with van der Waals surface area (Å²) >= 11 is 1.78. The molecular weight excluding hydrogens is 192 g/mol. The molecule has 76 valence electrons. The van der Waals surface area contributed by atoms with E-state index in [1.165, 1.54) is 16.2 Å². The number of rotatable bonds is 1. The number of carbonyl (C=O) groups is 1. The van der Waals surface area contributed by atoms with Gasteiger partial charge in [-0.05, 0) is 37.8 Å². The molecule has 0 amide bonds. The molecule has 0 bridgehead atoms. The molecule has 0 aliphatic heterocycles. The van der Waals surface area contributed by atoms with E-state index in [1.807, 2.05) is 0 Å². The Bertz CT molecular complexity index is 340. The van der Waals surface area contributed by atoms with Crippen LogP contribution in [0.2, 0.25) is 0 Å². The SMILES string of the molecule is Cc1ccc(C2C(=O)CCCC2C)s1. The Morgan fingerprint density at radius 3 is 2.79 bits per heavy atom. The lowest BCUT2D eigenvalue weighted by Gasteiger charge is -2.26. The van der Waals surface area contributed by atoms with Crippen molar-refractivity contribution in [3.05, 3.63) is 21.9 Å². The van der Waals surface area contributed by atoms with Gasteiger partial charge in [-0.1, -0.05) is 6.92 Å². The zero-order chi connectivity index (χ0) is 10.1. The fraction of sp³-hybridized carbons (Fsp3) is 0.583. The van der Waals surface area contributed by atoms with Crippen molar-refractivity contribution >= 4 is 17.1 Å². The maximum atomic E-state index is 11.8. The number of aryl methyl sites for hydroxylation is 1. The third kappa shape index (κ3) is 1.76. The normalized spacial score (nSPS) is 28.0. The van der Waals surface area contributed by atoms with Crippen molar-refractivity contribution in [1.29, 1.82) is 0 Å². The molecule has 1 fully saturated rings. The molecule has 1 saturated carbocycles. The van der Waals surface area contributed by atoms with Gasteiger partial charge in [-0.15, -0.1) is 11.3 Å². The van der Waals surface area contributed by atoms with Gasteiger partial charge >= 0.3 is 0 Å². The Morgan fingerprint density at radius 2 is 2.21 bits per heavy atom. The van der Waals surface area contributed by atoms with Gasteiger partial charge in [-0.3, -0.25) is 4.79 Å². The van der Waals surface area contributed by atoms with E-state index in [-0.39, 0.29) is 5.92 Å². The first kappa shape index (κ1) is 9.91. The Hall–Kier alpha value is -0.630. The predicted octanol–water partition coefficient (Wildman–Crippen LogP) is 3.53. The third-order valence-corrected chi connectivity index (χ3v) is 4.15. The minimum Gasteiger partial charge on any atom is -0.299 e. The molecule has 14 heavy (non-hydrogen) atoms. The number of thiophene rings is 1. The van der Waals surface area contributed by atoms with Crippen molar-refractivity contribution in [2.24, 2.45) is 5.92 Å². The van der Waals surface area contributed by atoms with Crippen molar-refractivity contribution in [3.8, 4) is 0 Å². The smallest absolute Gasteiger partial charge is 0.141 e. The van der Waals surface area contributed by atoms with Crippen LogP contribution in [0.4, 0.5) is 0 Å². The van der Waals surface area contributed by atoms with Gasteiger partial charge in [0.2, 0.25) is 0 Å². The lowest BCUT2D eigenvalue weighted by atomic mass is 9.79. The summed E-state index contributed by atoms with van der Waals surface area (Å²) in [5.74, 6) is 1.18. The fourth-order valence-electron chi connectivity index (χ4n) is 2.30. The average Bonchev–Trinajstić information content (AvgIpc) is 2.51. The van der Waals surface area contributed by atoms with Gasteiger partial charge in [0, 0.05) is 16.2 Å². The number of hydrogen-bond donors (Lipinski definition) is 0. The topological polar surface area (TPSA) is 17.1 Å². The van der Waals surface area contributed by atoms with Crippen LogP contribution < -0.4 is 0 Å². The summed E-state index contributed by atoms with van der Waals surface area (Å²) in [7, 11) is 0. The molecule has 0 spiro atoms. The lowest BCUT2D eigenvalue weighted by molar-refractivity contribution is -0.123. The van der Waals surface area contributed by atoms with E-state index in [1.54, 1.807) is 11.3 Å². The van der Waals surface area contributed by atoms with Crippen LogP contribution in [0.25, 0.3) is 0 Å². The van der Waals surface area contributed by atoms with Gasteiger partial charge in [0.25, 0.3) is 0 Å². The minimum atomic E-state index is 0.197. The van der Waals surface area contributed by atoms with Crippen molar-refractivity contribution in [3.63, 3.8) is 0 Å². The third-order valence-electron chi connectivity index (χ3n) is 3.07. The number of hydrogen-bond acceptors (Lipinski definition) is 2. The number of carbonyl (C=O) groups excluding carboxylic acids is 1. The molecule has 1 heterocycles. The second kappa shape index (κ2) is 3.85. The van der Waals surface area contributed by atoms with Crippen LogP contribution in [-0.2, 0) is 4.79 Å². The Morgan fingerprint density at radius 1 is 1.43 bits per heavy atom. The Labute approximate surface area is 89.1 Å². The number of ketones is 1. The lowest BCUT2D eigenvalue weighted by Crippen LogP contribution is -2.23. The molecule has 2 rings (SSSR count). The molecule has 0 N–H and O–H groups in total. The first-order valence-corrected chi connectivity index (χ1v) is 6.09. The van der Waals surface area contributed by atoms with Crippen molar-refractivity contribution < 1.29 is 4.79 Å². The van der Waals surface area contributed by atoms with Gasteiger partial charge in [-0.2, -0.15) is 0 Å². The molecule has 1 aromatic heterocycles. The van der Waals surface area contributed by atoms with E-state index in [4.69, 9.17) is 0 Å². The highest BCUT2D eigenvalue weighted by Gasteiger charge is 2.30. The molecule has 0 aromatic carbocycles. The number of Topliss-reactive ketones (excluding diaryl/α,β-unsaturated/α-hetero) is 1. The van der Waals surface area contributed by atoms with Crippen LogP contribution >= 0.6 is 11.3 Å². The van der Waals surface area contributed by atoms with Crippen LogP contribution in [0.3, 0.4) is 0 Å². The van der Waals surface area contributed by atoms with Crippen LogP contribution in [-0.4, -0.2) is 5.78 Å². The molecule has 1 aromatic rings. The first-order chi connectivity index (χ1) is 6.68. The second-order valence-electron chi connectivity index (χ2n) is 4.26. The van der Waals surface area contributed by atoms with Gasteiger partial charge in [-0.25, -0.2) is 0 Å². The van der Waals surface area contributed by atoms with Crippen LogP contribution in [0, 0.1) is 12.8 Å². The maximum absolute atomic E-state index is 11.8. The fourth-order valence-corrected chi connectivity index (χ4v) is 3.43. The predicted molar refractivity (Wildman–Crippen MR) is 59.8 cm³/mol. The van der Waals surface area contributed by atoms with Crippen molar-refractivity contribution in [2.45, 2.75) is 39.0 Å². The summed E-state index contributed by atoms with van der Waals surface area (Å²) in [6, 6.07) is 4.25. The molecule has 1 nitrogen and oxygen atoms in total. The summed E-state index contributed by atoms with van der Waals surface area (Å²) in [6.45, 7) is 4.31. The second-order valence-corrected chi connectivity index (χ2v) is 5.58. The Balaban J connectivity index is 2.26. The van der Waals surface area contributed by atoms with E-state index in [2.05, 4.69) is 26.0 Å². The molecule has 2 heteroatoms. The molecule has 1 aliphatic carbocycles. The summed E-state index contributed by atoms with van der Waals surface area (Å²) in [6.07, 6.45) is 3.07. The highest BCUT2D eigenvalue weighted by atomic mass is 32.1. The average molecular weight is 208 g/mol. The van der Waals surface area contributed by atoms with Crippen LogP contribution in [0.1, 0.15) is 41.9 Å². The van der Waals surface area contributed by atoms with Gasteiger partial charge in [0.1, 0.15) is 5.78 Å². The summed E-state index contributed by atoms with van der Waals surface area (Å²) in [5, 5.41) is 0. The van der Waals surface area contributed by atoms with E-state index in [0.29, 0.717) is 11.7 Å². The molecule has 2 unspecified atom stereocenters. The monoisotopic (exact) mass is 208 g/mol. The van der Waals surface area contributed by atoms with E-state index in [0.717, 1.165) is 12.8 Å². The summed E-state index contributed by atoms with van der Waals surface area (Å²) in [5.41, 5.74) is 0. The van der Waals surface area contributed by atoms with Gasteiger partial charge in [0.15, 0.2) is 0 Å². The van der Waals surface area contributed by atoms with Gasteiger partial charge < -0.3 is 0 Å². The van der Waals surface area contributed by atoms with E-state index >= 15 is 0 Å². The highest BCUT2D eigenvalue weighted by molar-refractivity contribution is 7.12. The molecular formula is C12H16OS. The molecule has 0 radical (unpaired) electrons. The zero-order valence-electron chi connectivity index (χ0n) is 8.75. The zero-order valence-corrected chi connectivity index (χ0v) is 9.56. The standard InChI is InChI=1S/C12H16OS/c1-8-4-3-5-10(13)12(8)11-7-6-9(2)14-11/h6-8,12H,3-5H2,1-2H3. The van der Waals surface area contributed by atoms with Crippen LogP contribution in [0.5, 0.6) is 0 Å². The van der Waals surface area contributed by atoms with Gasteiger partial charge in [0.05, 0.1) is 5.92 Å². The molecule has 2 atom stereocenters. The quantitative estimate of drug-likeness (QED) is 0.690.